The van der Waals surface area contributed by atoms with Crippen molar-refractivity contribution < 1.29 is 18.3 Å². The van der Waals surface area contributed by atoms with Crippen LogP contribution in [0.15, 0.2) is 28.7 Å². The van der Waals surface area contributed by atoms with Gasteiger partial charge in [-0.15, -0.1) is 0 Å². The van der Waals surface area contributed by atoms with Gasteiger partial charge in [0, 0.05) is 16.3 Å². The van der Waals surface area contributed by atoms with Crippen molar-refractivity contribution in [1.82, 2.24) is 0 Å². The van der Waals surface area contributed by atoms with Gasteiger partial charge >= 0.3 is 5.97 Å². The van der Waals surface area contributed by atoms with E-state index in [4.69, 9.17) is 10.5 Å². The Labute approximate surface area is 137 Å². The van der Waals surface area contributed by atoms with Gasteiger partial charge in [0.15, 0.2) is 0 Å². The minimum atomic E-state index is -2.79. The normalized spacial score (nSPS) is 25.6. The van der Waals surface area contributed by atoms with Gasteiger partial charge in [0.2, 0.25) is 0 Å². The molecular formula is C16H20BrF2NO2. The summed E-state index contributed by atoms with van der Waals surface area (Å²) >= 11 is 3.30. The molecule has 1 aliphatic rings. The lowest BCUT2D eigenvalue weighted by Gasteiger charge is -2.31. The predicted octanol–water partition coefficient (Wildman–Crippen LogP) is 3.99. The third kappa shape index (κ3) is 3.18. The summed E-state index contributed by atoms with van der Waals surface area (Å²) in [7, 11) is 0. The van der Waals surface area contributed by atoms with Crippen LogP contribution in [0.3, 0.4) is 0 Å². The van der Waals surface area contributed by atoms with Crippen molar-refractivity contribution >= 4 is 21.9 Å². The van der Waals surface area contributed by atoms with Gasteiger partial charge in [-0.2, -0.15) is 0 Å². The topological polar surface area (TPSA) is 52.3 Å². The van der Waals surface area contributed by atoms with Gasteiger partial charge in [0.25, 0.3) is 5.92 Å². The van der Waals surface area contributed by atoms with E-state index in [-0.39, 0.29) is 18.9 Å². The summed E-state index contributed by atoms with van der Waals surface area (Å²) in [5, 5.41) is 0. The van der Waals surface area contributed by atoms with Gasteiger partial charge in [-0.1, -0.05) is 35.0 Å². The van der Waals surface area contributed by atoms with Crippen LogP contribution in [0.4, 0.5) is 8.78 Å². The van der Waals surface area contributed by atoms with Gasteiger partial charge in [0.05, 0.1) is 6.10 Å². The highest BCUT2D eigenvalue weighted by Gasteiger charge is 2.70. The molecule has 0 aliphatic heterocycles. The SMILES string of the molecule is CC(C)OC(=O)C(N)(CC1(C)CC1(F)F)c1ccc(Br)cc1. The highest BCUT2D eigenvalue weighted by atomic mass is 79.9. The molecule has 0 bridgehead atoms. The third-order valence-corrected chi connectivity index (χ3v) is 4.63. The third-order valence-electron chi connectivity index (χ3n) is 4.11. The first-order valence-electron chi connectivity index (χ1n) is 7.14. The number of ether oxygens (including phenoxy) is 1. The smallest absolute Gasteiger partial charge is 0.331 e. The number of benzene rings is 1. The molecule has 1 saturated carbocycles. The largest absolute Gasteiger partial charge is 0.461 e. The van der Waals surface area contributed by atoms with Gasteiger partial charge in [-0.25, -0.2) is 13.6 Å². The molecule has 1 aliphatic carbocycles. The monoisotopic (exact) mass is 375 g/mol. The summed E-state index contributed by atoms with van der Waals surface area (Å²) < 4.78 is 33.2. The fourth-order valence-electron chi connectivity index (χ4n) is 2.61. The number of carbonyl (C=O) groups is 1. The van der Waals surface area contributed by atoms with E-state index in [1.54, 1.807) is 38.1 Å². The maximum absolute atomic E-state index is 13.6. The summed E-state index contributed by atoms with van der Waals surface area (Å²) in [5.74, 6) is -3.46. The van der Waals surface area contributed by atoms with Gasteiger partial charge in [-0.3, -0.25) is 0 Å². The van der Waals surface area contributed by atoms with Crippen molar-refractivity contribution in [2.45, 2.75) is 51.2 Å². The Morgan fingerprint density at radius 1 is 1.41 bits per heavy atom. The average Bonchev–Trinajstić information content (AvgIpc) is 2.86. The number of hydrogen-bond acceptors (Lipinski definition) is 3. The van der Waals surface area contributed by atoms with Crippen LogP contribution in [0.25, 0.3) is 0 Å². The van der Waals surface area contributed by atoms with Gasteiger partial charge < -0.3 is 10.5 Å². The average molecular weight is 376 g/mol. The molecule has 0 radical (unpaired) electrons. The number of esters is 1. The molecular weight excluding hydrogens is 356 g/mol. The van der Waals surface area contributed by atoms with Crippen molar-refractivity contribution in [3.63, 3.8) is 0 Å². The number of rotatable bonds is 5. The van der Waals surface area contributed by atoms with Gasteiger partial charge in [-0.05, 0) is 38.0 Å². The van der Waals surface area contributed by atoms with Crippen molar-refractivity contribution in [3.05, 3.63) is 34.3 Å². The van der Waals surface area contributed by atoms with E-state index in [1.165, 1.54) is 6.92 Å². The first-order chi connectivity index (χ1) is 10.0. The second-order valence-corrected chi connectivity index (χ2v) is 7.47. The summed E-state index contributed by atoms with van der Waals surface area (Å²) in [4.78, 5) is 12.5. The fraction of sp³-hybridized carbons (Fsp3) is 0.562. The Morgan fingerprint density at radius 3 is 2.32 bits per heavy atom. The Kier molecular flexibility index (Phi) is 4.39. The van der Waals surface area contributed by atoms with E-state index in [2.05, 4.69) is 15.9 Å². The van der Waals surface area contributed by atoms with Crippen molar-refractivity contribution in [1.29, 1.82) is 0 Å². The van der Waals surface area contributed by atoms with E-state index in [1.807, 2.05) is 0 Å². The van der Waals surface area contributed by atoms with Crippen molar-refractivity contribution in [2.24, 2.45) is 11.1 Å². The number of halogens is 3. The fourth-order valence-corrected chi connectivity index (χ4v) is 2.88. The van der Waals surface area contributed by atoms with Crippen LogP contribution in [-0.2, 0) is 15.1 Å². The molecule has 2 atom stereocenters. The lowest BCUT2D eigenvalue weighted by atomic mass is 9.81. The Balaban J connectivity index is 2.36. The summed E-state index contributed by atoms with van der Waals surface area (Å²) in [5.41, 5.74) is 3.91. The second kappa shape index (κ2) is 5.57. The molecule has 0 spiro atoms. The summed E-state index contributed by atoms with van der Waals surface area (Å²) in [6, 6.07) is 6.78. The number of carbonyl (C=O) groups excluding carboxylic acids is 1. The van der Waals surface area contributed by atoms with Crippen LogP contribution in [-0.4, -0.2) is 18.0 Å². The maximum atomic E-state index is 13.6. The second-order valence-electron chi connectivity index (χ2n) is 6.55. The number of nitrogens with two attached hydrogens (primary N) is 1. The molecule has 1 aromatic rings. The predicted molar refractivity (Wildman–Crippen MR) is 83.5 cm³/mol. The lowest BCUT2D eigenvalue weighted by molar-refractivity contribution is -0.156. The Hall–Kier alpha value is -1.01. The van der Waals surface area contributed by atoms with Crippen molar-refractivity contribution in [3.8, 4) is 0 Å². The molecule has 22 heavy (non-hydrogen) atoms. The van der Waals surface area contributed by atoms with Crippen LogP contribution in [0.1, 0.15) is 39.2 Å². The molecule has 122 valence electrons. The zero-order valence-electron chi connectivity index (χ0n) is 12.8. The van der Waals surface area contributed by atoms with Crippen LogP contribution < -0.4 is 5.73 Å². The molecule has 0 saturated heterocycles. The summed E-state index contributed by atoms with van der Waals surface area (Å²) in [6.45, 7) is 4.86. The van der Waals surface area contributed by atoms with E-state index >= 15 is 0 Å². The quantitative estimate of drug-likeness (QED) is 0.791. The minimum absolute atomic E-state index is 0.153. The lowest BCUT2D eigenvalue weighted by Crippen LogP contribution is -2.49. The zero-order valence-corrected chi connectivity index (χ0v) is 14.4. The molecule has 0 heterocycles. The van der Waals surface area contributed by atoms with E-state index in [9.17, 15) is 13.6 Å². The maximum Gasteiger partial charge on any atom is 0.331 e. The highest BCUT2D eigenvalue weighted by molar-refractivity contribution is 9.10. The molecule has 3 nitrogen and oxygen atoms in total. The van der Waals surface area contributed by atoms with Crippen LogP contribution in [0, 0.1) is 5.41 Å². The molecule has 1 aromatic carbocycles. The van der Waals surface area contributed by atoms with Crippen LogP contribution >= 0.6 is 15.9 Å². The first kappa shape index (κ1) is 17.3. The Bertz CT molecular complexity index is 576. The molecule has 0 amide bonds. The highest BCUT2D eigenvalue weighted by Crippen LogP contribution is 2.64. The Morgan fingerprint density at radius 2 is 1.91 bits per heavy atom. The van der Waals surface area contributed by atoms with E-state index < -0.39 is 22.8 Å². The van der Waals surface area contributed by atoms with Crippen LogP contribution in [0.2, 0.25) is 0 Å². The molecule has 0 aromatic heterocycles. The van der Waals surface area contributed by atoms with E-state index in [0.717, 1.165) is 4.47 Å². The van der Waals surface area contributed by atoms with Crippen LogP contribution in [0.5, 0.6) is 0 Å². The zero-order chi connectivity index (χ0) is 16.8. The number of alkyl halides is 2. The van der Waals surface area contributed by atoms with E-state index in [0.29, 0.717) is 5.56 Å². The number of hydrogen-bond donors (Lipinski definition) is 1. The van der Waals surface area contributed by atoms with Crippen molar-refractivity contribution in [2.75, 3.05) is 0 Å². The molecule has 1 fully saturated rings. The molecule has 2 N–H and O–H groups in total. The molecule has 6 heteroatoms. The summed E-state index contributed by atoms with van der Waals surface area (Å²) in [6.07, 6.45) is -0.775. The molecule has 2 rings (SSSR count). The first-order valence-corrected chi connectivity index (χ1v) is 7.93. The minimum Gasteiger partial charge on any atom is -0.461 e. The standard InChI is InChI=1S/C16H20BrF2NO2/c1-10(2)22-13(21)15(20,8-14(3)9-16(14,18)19)11-4-6-12(17)7-5-11/h4-7,10H,8-9,20H2,1-3H3. The van der Waals surface area contributed by atoms with Gasteiger partial charge in [0.1, 0.15) is 5.54 Å². The molecule has 2 unspecified atom stereocenters.